The van der Waals surface area contributed by atoms with Crippen LogP contribution in [0, 0.1) is 18.3 Å². The van der Waals surface area contributed by atoms with Crippen LogP contribution in [0.1, 0.15) is 12.0 Å². The largest absolute Gasteiger partial charge is 0.325 e. The lowest BCUT2D eigenvalue weighted by Gasteiger charge is -2.04. The highest BCUT2D eigenvalue weighted by Crippen LogP contribution is 2.19. The minimum Gasteiger partial charge on any atom is -0.325 e. The summed E-state index contributed by atoms with van der Waals surface area (Å²) in [4.78, 5) is 11.0. The van der Waals surface area contributed by atoms with Gasteiger partial charge in [-0.15, -0.1) is 0 Å². The molecule has 1 aromatic rings. The van der Waals surface area contributed by atoms with E-state index < -0.39 is 0 Å². The number of benzene rings is 1. The van der Waals surface area contributed by atoms with Crippen LogP contribution in [0.5, 0.6) is 0 Å². The van der Waals surface area contributed by atoms with Crippen molar-refractivity contribution in [3.8, 4) is 6.07 Å². The second kappa shape index (κ2) is 4.64. The Bertz CT molecular complexity index is 396. The zero-order valence-corrected chi connectivity index (χ0v) is 8.43. The van der Waals surface area contributed by atoms with Crippen molar-refractivity contribution in [3.63, 3.8) is 0 Å². The van der Waals surface area contributed by atoms with Crippen molar-refractivity contribution in [2.75, 3.05) is 5.32 Å². The maximum Gasteiger partial charge on any atom is 0.238 e. The van der Waals surface area contributed by atoms with Gasteiger partial charge in [-0.2, -0.15) is 5.26 Å². The molecule has 0 radical (unpaired) electrons. The molecule has 0 aliphatic heterocycles. The first-order valence-electron chi connectivity index (χ1n) is 4.06. The number of carbonyl (C=O) groups excluding carboxylic acids is 1. The third kappa shape index (κ3) is 2.75. The molecule has 1 aromatic carbocycles. The predicted octanol–water partition coefficient (Wildman–Crippen LogP) is 2.50. The number of halogens is 1. The summed E-state index contributed by atoms with van der Waals surface area (Å²) in [6.07, 6.45) is -0.147. The van der Waals surface area contributed by atoms with E-state index in [9.17, 15) is 4.79 Å². The van der Waals surface area contributed by atoms with Gasteiger partial charge in [0.1, 0.15) is 6.42 Å². The molecule has 0 atom stereocenters. The Morgan fingerprint density at radius 2 is 2.36 bits per heavy atom. The maximum atomic E-state index is 11.0. The SMILES string of the molecule is Cc1ccc(NC(=O)CC#N)cc1Cl. The third-order valence-corrected chi connectivity index (χ3v) is 2.10. The summed E-state index contributed by atoms with van der Waals surface area (Å²) in [5.74, 6) is -0.326. The average Bonchev–Trinajstić information content (AvgIpc) is 2.12. The molecule has 0 aliphatic carbocycles. The fourth-order valence-electron chi connectivity index (χ4n) is 0.948. The van der Waals surface area contributed by atoms with Gasteiger partial charge >= 0.3 is 0 Å². The Balaban J connectivity index is 2.74. The number of amides is 1. The summed E-state index contributed by atoms with van der Waals surface area (Å²) in [6.45, 7) is 1.88. The van der Waals surface area contributed by atoms with E-state index in [1.165, 1.54) is 0 Å². The van der Waals surface area contributed by atoms with Gasteiger partial charge in [-0.05, 0) is 24.6 Å². The Morgan fingerprint density at radius 1 is 1.64 bits per heavy atom. The second-order valence-electron chi connectivity index (χ2n) is 2.85. The van der Waals surface area contributed by atoms with E-state index in [1.807, 2.05) is 13.0 Å². The second-order valence-corrected chi connectivity index (χ2v) is 3.25. The highest BCUT2D eigenvalue weighted by atomic mass is 35.5. The first-order chi connectivity index (χ1) is 6.63. The molecule has 0 saturated heterocycles. The molecule has 0 spiro atoms. The van der Waals surface area contributed by atoms with Crippen LogP contribution in [-0.2, 0) is 4.79 Å². The van der Waals surface area contributed by atoms with Crippen LogP contribution in [-0.4, -0.2) is 5.91 Å². The number of rotatable bonds is 2. The quantitative estimate of drug-likeness (QED) is 0.812. The van der Waals surface area contributed by atoms with Gasteiger partial charge in [-0.25, -0.2) is 0 Å². The van der Waals surface area contributed by atoms with E-state index in [-0.39, 0.29) is 12.3 Å². The van der Waals surface area contributed by atoms with E-state index in [2.05, 4.69) is 5.32 Å². The lowest BCUT2D eigenvalue weighted by Crippen LogP contribution is -2.09. The molecule has 0 heterocycles. The highest BCUT2D eigenvalue weighted by Gasteiger charge is 2.02. The van der Waals surface area contributed by atoms with Gasteiger partial charge in [0.05, 0.1) is 6.07 Å². The summed E-state index contributed by atoms with van der Waals surface area (Å²) < 4.78 is 0. The number of aryl methyl sites for hydroxylation is 1. The molecule has 3 nitrogen and oxygen atoms in total. The number of nitrogens with one attached hydrogen (secondary N) is 1. The normalized spacial score (nSPS) is 9.21. The topological polar surface area (TPSA) is 52.9 Å². The number of hydrogen-bond acceptors (Lipinski definition) is 2. The summed E-state index contributed by atoms with van der Waals surface area (Å²) in [5.41, 5.74) is 1.56. The lowest BCUT2D eigenvalue weighted by molar-refractivity contribution is -0.115. The molecule has 0 saturated carbocycles. The van der Waals surface area contributed by atoms with Crippen molar-refractivity contribution in [1.29, 1.82) is 5.26 Å². The molecule has 0 aromatic heterocycles. The summed E-state index contributed by atoms with van der Waals surface area (Å²) in [6, 6.07) is 6.98. The third-order valence-electron chi connectivity index (χ3n) is 1.70. The van der Waals surface area contributed by atoms with Crippen molar-refractivity contribution < 1.29 is 4.79 Å². The fraction of sp³-hybridized carbons (Fsp3) is 0.200. The van der Waals surface area contributed by atoms with Gasteiger partial charge < -0.3 is 5.32 Å². The molecule has 0 unspecified atom stereocenters. The smallest absolute Gasteiger partial charge is 0.238 e. The molecule has 4 heteroatoms. The minimum absolute atomic E-state index is 0.147. The number of hydrogen-bond donors (Lipinski definition) is 1. The number of nitriles is 1. The van der Waals surface area contributed by atoms with E-state index >= 15 is 0 Å². The Hall–Kier alpha value is -1.53. The van der Waals surface area contributed by atoms with Crippen LogP contribution in [0.25, 0.3) is 0 Å². The maximum absolute atomic E-state index is 11.0. The molecule has 1 amide bonds. The van der Waals surface area contributed by atoms with Crippen LogP contribution in [0.4, 0.5) is 5.69 Å². The Morgan fingerprint density at radius 3 is 2.93 bits per heavy atom. The first-order valence-corrected chi connectivity index (χ1v) is 4.44. The highest BCUT2D eigenvalue weighted by molar-refractivity contribution is 6.31. The zero-order valence-electron chi connectivity index (χ0n) is 7.67. The molecule has 0 aliphatic rings. The van der Waals surface area contributed by atoms with Gasteiger partial charge in [-0.3, -0.25) is 4.79 Å². The van der Waals surface area contributed by atoms with Gasteiger partial charge in [0.25, 0.3) is 0 Å². The van der Waals surface area contributed by atoms with Crippen LogP contribution >= 0.6 is 11.6 Å². The van der Waals surface area contributed by atoms with Crippen molar-refractivity contribution in [1.82, 2.24) is 0 Å². The molecule has 0 bridgehead atoms. The van der Waals surface area contributed by atoms with E-state index in [0.29, 0.717) is 10.7 Å². The van der Waals surface area contributed by atoms with Crippen molar-refractivity contribution in [2.24, 2.45) is 0 Å². The van der Waals surface area contributed by atoms with Crippen LogP contribution in [0.2, 0.25) is 5.02 Å². The van der Waals surface area contributed by atoms with E-state index in [0.717, 1.165) is 5.56 Å². The average molecular weight is 209 g/mol. The summed E-state index contributed by atoms with van der Waals surface area (Å²) in [7, 11) is 0. The number of carbonyl (C=O) groups is 1. The van der Waals surface area contributed by atoms with Crippen molar-refractivity contribution >= 4 is 23.2 Å². The molecular weight excluding hydrogens is 200 g/mol. The van der Waals surface area contributed by atoms with Crippen LogP contribution < -0.4 is 5.32 Å². The Kier molecular flexibility index (Phi) is 3.49. The molecule has 1 N–H and O–H groups in total. The predicted molar refractivity (Wildman–Crippen MR) is 55.0 cm³/mol. The lowest BCUT2D eigenvalue weighted by atomic mass is 10.2. The molecule has 14 heavy (non-hydrogen) atoms. The molecular formula is C10H9ClN2O. The van der Waals surface area contributed by atoms with E-state index in [4.69, 9.17) is 16.9 Å². The zero-order chi connectivity index (χ0) is 10.6. The summed E-state index contributed by atoms with van der Waals surface area (Å²) >= 11 is 5.86. The standard InChI is InChI=1S/C10H9ClN2O/c1-7-2-3-8(6-9(7)11)13-10(14)4-5-12/h2-3,6H,4H2,1H3,(H,13,14). The monoisotopic (exact) mass is 208 g/mol. The van der Waals surface area contributed by atoms with Gasteiger partial charge in [0.15, 0.2) is 0 Å². The molecule has 1 rings (SSSR count). The van der Waals surface area contributed by atoms with Gasteiger partial charge in [0.2, 0.25) is 5.91 Å². The minimum atomic E-state index is -0.326. The number of nitrogens with zero attached hydrogens (tertiary/aromatic N) is 1. The van der Waals surface area contributed by atoms with Crippen molar-refractivity contribution in [2.45, 2.75) is 13.3 Å². The fourth-order valence-corrected chi connectivity index (χ4v) is 1.13. The van der Waals surface area contributed by atoms with Gasteiger partial charge in [-0.1, -0.05) is 17.7 Å². The first kappa shape index (κ1) is 10.6. The van der Waals surface area contributed by atoms with E-state index in [1.54, 1.807) is 18.2 Å². The van der Waals surface area contributed by atoms with Crippen LogP contribution in [0.15, 0.2) is 18.2 Å². The summed E-state index contributed by atoms with van der Waals surface area (Å²) in [5, 5.41) is 11.4. The molecule has 72 valence electrons. The van der Waals surface area contributed by atoms with Crippen molar-refractivity contribution in [3.05, 3.63) is 28.8 Å². The van der Waals surface area contributed by atoms with Crippen LogP contribution in [0.3, 0.4) is 0 Å². The number of anilines is 1. The van der Waals surface area contributed by atoms with Gasteiger partial charge in [0, 0.05) is 10.7 Å². The Labute approximate surface area is 87.3 Å². The molecule has 0 fully saturated rings.